The van der Waals surface area contributed by atoms with E-state index in [4.69, 9.17) is 5.73 Å². The van der Waals surface area contributed by atoms with Gasteiger partial charge in [-0.05, 0) is 43.1 Å². The highest BCUT2D eigenvalue weighted by Gasteiger charge is 2.43. The third kappa shape index (κ3) is 3.14. The molecule has 2 nitrogen and oxygen atoms in total. The first-order chi connectivity index (χ1) is 6.79. The Morgan fingerprint density at radius 2 is 2.21 bits per heavy atom. The molecule has 1 fully saturated rings. The smallest absolute Gasteiger partial charge is 0.0502 e. The zero-order valence-corrected chi connectivity index (χ0v) is 9.98. The van der Waals surface area contributed by atoms with Gasteiger partial charge in [-0.2, -0.15) is 11.8 Å². The second-order valence-corrected chi connectivity index (χ2v) is 5.69. The van der Waals surface area contributed by atoms with E-state index >= 15 is 0 Å². The van der Waals surface area contributed by atoms with Crippen LogP contribution in [0.3, 0.4) is 0 Å². The van der Waals surface area contributed by atoms with Crippen molar-refractivity contribution >= 4 is 11.8 Å². The van der Waals surface area contributed by atoms with Crippen molar-refractivity contribution in [2.45, 2.75) is 32.6 Å². The molecule has 1 unspecified atom stereocenters. The molecule has 0 spiro atoms. The Hall–Kier alpha value is 0.270. The van der Waals surface area contributed by atoms with Crippen molar-refractivity contribution in [3.8, 4) is 0 Å². The van der Waals surface area contributed by atoms with Crippen LogP contribution in [0.5, 0.6) is 0 Å². The topological polar surface area (TPSA) is 46.2 Å². The molecule has 0 aliphatic heterocycles. The van der Waals surface area contributed by atoms with Gasteiger partial charge in [-0.15, -0.1) is 0 Å². The lowest BCUT2D eigenvalue weighted by Crippen LogP contribution is -2.36. The van der Waals surface area contributed by atoms with Gasteiger partial charge in [-0.1, -0.05) is 6.92 Å². The van der Waals surface area contributed by atoms with Crippen LogP contribution in [0.4, 0.5) is 0 Å². The highest BCUT2D eigenvalue weighted by atomic mass is 32.2. The molecular weight excluding hydrogens is 194 g/mol. The molecule has 0 aromatic rings. The molecule has 3 N–H and O–H groups in total. The number of hydrogen-bond donors (Lipinski definition) is 2. The summed E-state index contributed by atoms with van der Waals surface area (Å²) < 4.78 is 0. The van der Waals surface area contributed by atoms with Crippen LogP contribution in [0.2, 0.25) is 0 Å². The Labute approximate surface area is 91.6 Å². The monoisotopic (exact) mass is 217 g/mol. The quantitative estimate of drug-likeness (QED) is 0.610. The first-order valence-corrected chi connectivity index (χ1v) is 6.83. The van der Waals surface area contributed by atoms with Crippen LogP contribution in [0, 0.1) is 11.3 Å². The molecule has 0 radical (unpaired) electrons. The van der Waals surface area contributed by atoms with Crippen LogP contribution >= 0.6 is 11.8 Å². The maximum Gasteiger partial charge on any atom is 0.0502 e. The van der Waals surface area contributed by atoms with Crippen molar-refractivity contribution in [3.05, 3.63) is 0 Å². The fraction of sp³-hybridized carbons (Fsp3) is 1.00. The third-order valence-corrected chi connectivity index (χ3v) is 4.32. The molecule has 1 atom stereocenters. The Balaban J connectivity index is 2.27. The minimum Gasteiger partial charge on any atom is -0.396 e. The zero-order valence-electron chi connectivity index (χ0n) is 9.17. The standard InChI is InChI=1S/C11H23NOS/c1-2-14-7-3-6-11(8-12,9-13)10-4-5-10/h10,13H,2-9,12H2,1H3. The second-order valence-electron chi connectivity index (χ2n) is 4.30. The Bertz CT molecular complexity index is 155. The number of rotatable bonds is 8. The fourth-order valence-electron chi connectivity index (χ4n) is 2.11. The predicted molar refractivity (Wildman–Crippen MR) is 63.5 cm³/mol. The van der Waals surface area contributed by atoms with E-state index in [1.165, 1.54) is 30.8 Å². The number of aliphatic hydroxyl groups excluding tert-OH is 1. The lowest BCUT2D eigenvalue weighted by Gasteiger charge is -2.30. The van der Waals surface area contributed by atoms with Crippen molar-refractivity contribution < 1.29 is 5.11 Å². The molecule has 1 rings (SSSR count). The molecule has 0 saturated heterocycles. The average Bonchev–Trinajstić information content (AvgIpc) is 3.03. The van der Waals surface area contributed by atoms with E-state index in [0.29, 0.717) is 12.5 Å². The highest BCUT2D eigenvalue weighted by Crippen LogP contribution is 2.47. The van der Waals surface area contributed by atoms with Crippen LogP contribution in [0.1, 0.15) is 32.6 Å². The molecule has 1 saturated carbocycles. The lowest BCUT2D eigenvalue weighted by atomic mass is 9.79. The first-order valence-electron chi connectivity index (χ1n) is 5.67. The van der Waals surface area contributed by atoms with Crippen molar-refractivity contribution in [1.82, 2.24) is 0 Å². The van der Waals surface area contributed by atoms with Gasteiger partial charge in [0.05, 0.1) is 6.61 Å². The fourth-order valence-corrected chi connectivity index (χ4v) is 2.75. The SMILES string of the molecule is CCSCCCC(CN)(CO)C1CC1. The molecule has 1 aliphatic rings. The van der Waals surface area contributed by atoms with Gasteiger partial charge < -0.3 is 10.8 Å². The summed E-state index contributed by atoms with van der Waals surface area (Å²) in [5.74, 6) is 3.12. The summed E-state index contributed by atoms with van der Waals surface area (Å²) in [5, 5.41) is 9.46. The van der Waals surface area contributed by atoms with Crippen molar-refractivity contribution in [3.63, 3.8) is 0 Å². The average molecular weight is 217 g/mol. The van der Waals surface area contributed by atoms with Crippen LogP contribution in [-0.2, 0) is 0 Å². The molecule has 0 bridgehead atoms. The molecule has 0 aromatic carbocycles. The van der Waals surface area contributed by atoms with E-state index in [2.05, 4.69) is 6.92 Å². The Morgan fingerprint density at radius 3 is 2.64 bits per heavy atom. The molecule has 84 valence electrons. The van der Waals surface area contributed by atoms with Crippen molar-refractivity contribution in [2.24, 2.45) is 17.1 Å². The van der Waals surface area contributed by atoms with Gasteiger partial charge in [-0.25, -0.2) is 0 Å². The Morgan fingerprint density at radius 1 is 1.50 bits per heavy atom. The van der Waals surface area contributed by atoms with Gasteiger partial charge >= 0.3 is 0 Å². The zero-order chi connectivity index (χ0) is 10.4. The maximum absolute atomic E-state index is 9.46. The van der Waals surface area contributed by atoms with Crippen LogP contribution < -0.4 is 5.73 Å². The molecule has 1 aliphatic carbocycles. The summed E-state index contributed by atoms with van der Waals surface area (Å²) in [5.41, 5.74) is 5.87. The molecule has 0 aromatic heterocycles. The van der Waals surface area contributed by atoms with Gasteiger partial charge in [0.25, 0.3) is 0 Å². The largest absolute Gasteiger partial charge is 0.396 e. The van der Waals surface area contributed by atoms with Gasteiger partial charge in [0, 0.05) is 12.0 Å². The predicted octanol–water partition coefficient (Wildman–Crippen LogP) is 1.87. The van der Waals surface area contributed by atoms with E-state index < -0.39 is 0 Å². The number of thioether (sulfide) groups is 1. The summed E-state index contributed by atoms with van der Waals surface area (Å²) in [7, 11) is 0. The van der Waals surface area contributed by atoms with Gasteiger partial charge in [0.1, 0.15) is 0 Å². The lowest BCUT2D eigenvalue weighted by molar-refractivity contribution is 0.0988. The highest BCUT2D eigenvalue weighted by molar-refractivity contribution is 7.99. The summed E-state index contributed by atoms with van der Waals surface area (Å²) in [6.07, 6.45) is 4.86. The van der Waals surface area contributed by atoms with E-state index in [9.17, 15) is 5.11 Å². The summed E-state index contributed by atoms with van der Waals surface area (Å²) in [6, 6.07) is 0. The molecular formula is C11H23NOS. The van der Waals surface area contributed by atoms with E-state index in [0.717, 1.165) is 6.42 Å². The molecule has 3 heteroatoms. The second kappa shape index (κ2) is 5.99. The number of nitrogens with two attached hydrogens (primary N) is 1. The van der Waals surface area contributed by atoms with Crippen molar-refractivity contribution in [2.75, 3.05) is 24.7 Å². The van der Waals surface area contributed by atoms with Crippen molar-refractivity contribution in [1.29, 1.82) is 0 Å². The molecule has 0 heterocycles. The summed E-state index contributed by atoms with van der Waals surface area (Å²) >= 11 is 1.98. The van der Waals surface area contributed by atoms with E-state index in [1.54, 1.807) is 0 Å². The van der Waals surface area contributed by atoms with Crippen LogP contribution in [0.15, 0.2) is 0 Å². The normalized spacial score (nSPS) is 20.8. The van der Waals surface area contributed by atoms with Gasteiger partial charge in [-0.3, -0.25) is 0 Å². The van der Waals surface area contributed by atoms with Crippen LogP contribution in [-0.4, -0.2) is 29.8 Å². The summed E-state index contributed by atoms with van der Waals surface area (Å²) in [4.78, 5) is 0. The minimum absolute atomic E-state index is 0.0638. The maximum atomic E-state index is 9.46. The summed E-state index contributed by atoms with van der Waals surface area (Å²) in [6.45, 7) is 3.13. The van der Waals surface area contributed by atoms with Gasteiger partial charge in [0.15, 0.2) is 0 Å². The number of aliphatic hydroxyl groups is 1. The number of hydrogen-bond acceptors (Lipinski definition) is 3. The first kappa shape index (κ1) is 12.3. The van der Waals surface area contributed by atoms with E-state index in [-0.39, 0.29) is 12.0 Å². The van der Waals surface area contributed by atoms with Gasteiger partial charge in [0.2, 0.25) is 0 Å². The molecule has 0 amide bonds. The minimum atomic E-state index is 0.0638. The molecule has 14 heavy (non-hydrogen) atoms. The Kier molecular flexibility index (Phi) is 5.28. The van der Waals surface area contributed by atoms with E-state index in [1.807, 2.05) is 11.8 Å². The third-order valence-electron chi connectivity index (χ3n) is 3.33. The van der Waals surface area contributed by atoms with Crippen LogP contribution in [0.25, 0.3) is 0 Å².